The van der Waals surface area contributed by atoms with Crippen LogP contribution in [0.5, 0.6) is 0 Å². The van der Waals surface area contributed by atoms with E-state index in [0.717, 1.165) is 18.3 Å². The molecule has 0 bridgehead atoms. The third kappa shape index (κ3) is 4.63. The van der Waals surface area contributed by atoms with Gasteiger partial charge in [-0.2, -0.15) is 0 Å². The monoisotopic (exact) mass is 432 g/mol. The molecule has 0 atom stereocenters. The number of hydrogen-bond acceptors (Lipinski definition) is 5. The predicted octanol–water partition coefficient (Wildman–Crippen LogP) is 4.86. The molecular formula is C18H13Cl2F3N2O3. The summed E-state index contributed by atoms with van der Waals surface area (Å²) in [5.74, 6) is -4.82. The van der Waals surface area contributed by atoms with Crippen molar-refractivity contribution in [3.63, 3.8) is 0 Å². The summed E-state index contributed by atoms with van der Waals surface area (Å²) in [6.45, 7) is 2.68. The van der Waals surface area contributed by atoms with Crippen molar-refractivity contribution in [2.45, 2.75) is 13.8 Å². The maximum atomic E-state index is 14.0. The van der Waals surface area contributed by atoms with E-state index in [9.17, 15) is 22.8 Å². The Hall–Kier alpha value is -2.58. The number of ketones is 1. The van der Waals surface area contributed by atoms with Crippen LogP contribution in [0, 0.1) is 24.4 Å². The van der Waals surface area contributed by atoms with Gasteiger partial charge in [-0.05, 0) is 26.0 Å². The number of nitrogens with one attached hydrogen (secondary N) is 1. The van der Waals surface area contributed by atoms with E-state index < -0.39 is 50.6 Å². The van der Waals surface area contributed by atoms with Crippen molar-refractivity contribution in [2.75, 3.05) is 11.9 Å². The van der Waals surface area contributed by atoms with Gasteiger partial charge in [-0.15, -0.1) is 0 Å². The minimum Gasteiger partial charge on any atom is -0.462 e. The molecule has 0 saturated heterocycles. The molecule has 1 N–H and O–H groups in total. The zero-order valence-corrected chi connectivity index (χ0v) is 16.1. The van der Waals surface area contributed by atoms with Crippen LogP contribution >= 0.6 is 23.2 Å². The molecule has 0 aliphatic carbocycles. The molecule has 0 radical (unpaired) electrons. The molecule has 10 heteroatoms. The maximum absolute atomic E-state index is 14.0. The number of Topliss-reactive ketones (excluding diaryl/α,β-unsaturated/α-hetero) is 1. The second-order valence-electron chi connectivity index (χ2n) is 5.38. The quantitative estimate of drug-likeness (QED) is 0.176. The summed E-state index contributed by atoms with van der Waals surface area (Å²) in [5, 5.41) is 1.43. The smallest absolute Gasteiger partial charge is 0.343 e. The Labute approximate surface area is 168 Å². The topological polar surface area (TPSA) is 68.3 Å². The van der Waals surface area contributed by atoms with E-state index >= 15 is 0 Å². The molecule has 0 amide bonds. The van der Waals surface area contributed by atoms with Crippen LogP contribution in [0.3, 0.4) is 0 Å². The Balaban J connectivity index is 2.50. The number of nitrogens with zero attached hydrogens (tertiary/aromatic N) is 1. The van der Waals surface area contributed by atoms with Gasteiger partial charge in [0.1, 0.15) is 22.4 Å². The van der Waals surface area contributed by atoms with Crippen LogP contribution < -0.4 is 5.32 Å². The molecule has 0 fully saturated rings. The van der Waals surface area contributed by atoms with Gasteiger partial charge in [-0.3, -0.25) is 4.79 Å². The van der Waals surface area contributed by atoms with Crippen molar-refractivity contribution in [3.8, 4) is 0 Å². The van der Waals surface area contributed by atoms with E-state index in [1.165, 1.54) is 13.8 Å². The van der Waals surface area contributed by atoms with Crippen molar-refractivity contribution >= 4 is 40.6 Å². The second kappa shape index (κ2) is 9.07. The molecule has 1 aromatic heterocycles. The summed E-state index contributed by atoms with van der Waals surface area (Å²) < 4.78 is 45.6. The van der Waals surface area contributed by atoms with Crippen molar-refractivity contribution in [3.05, 3.63) is 68.9 Å². The number of benzene rings is 1. The fraction of sp³-hybridized carbons (Fsp3) is 0.167. The molecule has 1 heterocycles. The number of hydrogen-bond donors (Lipinski definition) is 1. The lowest BCUT2D eigenvalue weighted by atomic mass is 10.0. The van der Waals surface area contributed by atoms with Gasteiger partial charge in [0.2, 0.25) is 5.78 Å². The number of anilines is 1. The zero-order chi connectivity index (χ0) is 21.0. The van der Waals surface area contributed by atoms with Crippen molar-refractivity contribution < 1.29 is 27.5 Å². The number of carbonyl (C=O) groups is 2. The van der Waals surface area contributed by atoms with E-state index in [4.69, 9.17) is 27.9 Å². The highest BCUT2D eigenvalue weighted by atomic mass is 35.5. The van der Waals surface area contributed by atoms with E-state index in [-0.39, 0.29) is 17.9 Å². The second-order valence-corrected chi connectivity index (χ2v) is 6.10. The molecule has 5 nitrogen and oxygen atoms in total. The highest BCUT2D eigenvalue weighted by Crippen LogP contribution is 2.28. The van der Waals surface area contributed by atoms with Gasteiger partial charge in [0.05, 0.1) is 17.9 Å². The largest absolute Gasteiger partial charge is 0.462 e. The van der Waals surface area contributed by atoms with Gasteiger partial charge in [-0.1, -0.05) is 23.2 Å². The summed E-state index contributed by atoms with van der Waals surface area (Å²) in [5.41, 5.74) is -1.43. The average Bonchev–Trinajstić information content (AvgIpc) is 2.62. The van der Waals surface area contributed by atoms with E-state index in [1.54, 1.807) is 0 Å². The lowest BCUT2D eigenvalue weighted by Gasteiger charge is -2.12. The first-order valence-corrected chi connectivity index (χ1v) is 8.57. The third-order valence-electron chi connectivity index (χ3n) is 3.56. The normalized spacial score (nSPS) is 11.3. The summed E-state index contributed by atoms with van der Waals surface area (Å²) in [4.78, 5) is 28.6. The molecule has 2 rings (SSSR count). The van der Waals surface area contributed by atoms with Crippen LogP contribution in [0.25, 0.3) is 0 Å². The molecule has 1 aromatic carbocycles. The Morgan fingerprint density at radius 1 is 1.21 bits per heavy atom. The van der Waals surface area contributed by atoms with Crippen LogP contribution in [0.1, 0.15) is 22.8 Å². The van der Waals surface area contributed by atoms with E-state index in [0.29, 0.717) is 6.07 Å². The van der Waals surface area contributed by atoms with Gasteiger partial charge < -0.3 is 10.1 Å². The minimum absolute atomic E-state index is 0.0612. The van der Waals surface area contributed by atoms with Crippen LogP contribution in [0.2, 0.25) is 10.3 Å². The molecule has 28 heavy (non-hydrogen) atoms. The first-order valence-electron chi connectivity index (χ1n) is 7.82. The first-order chi connectivity index (χ1) is 13.2. The highest BCUT2D eigenvalue weighted by Gasteiger charge is 2.28. The van der Waals surface area contributed by atoms with Crippen LogP contribution in [-0.4, -0.2) is 23.3 Å². The van der Waals surface area contributed by atoms with Crippen molar-refractivity contribution in [2.24, 2.45) is 0 Å². The number of halogens is 5. The summed E-state index contributed by atoms with van der Waals surface area (Å²) in [6.07, 6.45) is 0.860. The Bertz CT molecular complexity index is 981. The molecule has 0 aliphatic heterocycles. The average molecular weight is 433 g/mol. The van der Waals surface area contributed by atoms with Gasteiger partial charge in [0.15, 0.2) is 11.0 Å². The fourth-order valence-electron chi connectivity index (χ4n) is 2.19. The Kier molecular flexibility index (Phi) is 7.04. The van der Waals surface area contributed by atoms with Gasteiger partial charge in [0.25, 0.3) is 0 Å². The van der Waals surface area contributed by atoms with Crippen LogP contribution in [0.15, 0.2) is 30.0 Å². The summed E-state index contributed by atoms with van der Waals surface area (Å²) in [7, 11) is 0. The standard InChI is InChI=1S/C18H13Cl2F3N2O3/c1-3-28-18(27)10(7-24-12-5-4-9(21)6-11(12)22)15(26)13-8(2)14(23)17(20)25-16(13)19/h4-7,24H,3H2,1-2H3/b10-7+. The summed E-state index contributed by atoms with van der Waals surface area (Å²) in [6, 6.07) is 2.66. The molecule has 0 saturated carbocycles. The van der Waals surface area contributed by atoms with E-state index in [2.05, 4.69) is 10.3 Å². The molecule has 148 valence electrons. The van der Waals surface area contributed by atoms with Gasteiger partial charge in [-0.25, -0.2) is 22.9 Å². The molecule has 0 unspecified atom stereocenters. The molecular weight excluding hydrogens is 420 g/mol. The number of rotatable bonds is 6. The summed E-state index contributed by atoms with van der Waals surface area (Å²) >= 11 is 11.5. The molecule has 0 aliphatic rings. The van der Waals surface area contributed by atoms with Gasteiger partial charge >= 0.3 is 5.97 Å². The highest BCUT2D eigenvalue weighted by molar-refractivity contribution is 6.37. The number of aromatic nitrogens is 1. The van der Waals surface area contributed by atoms with Crippen molar-refractivity contribution in [1.29, 1.82) is 0 Å². The zero-order valence-electron chi connectivity index (χ0n) is 14.6. The maximum Gasteiger partial charge on any atom is 0.343 e. The van der Waals surface area contributed by atoms with Crippen molar-refractivity contribution in [1.82, 2.24) is 4.98 Å². The number of esters is 1. The van der Waals surface area contributed by atoms with Gasteiger partial charge in [0, 0.05) is 17.8 Å². The van der Waals surface area contributed by atoms with Crippen LogP contribution in [0.4, 0.5) is 18.9 Å². The molecule has 0 spiro atoms. The lowest BCUT2D eigenvalue weighted by Crippen LogP contribution is -2.19. The fourth-order valence-corrected chi connectivity index (χ4v) is 2.77. The number of pyridine rings is 1. The Morgan fingerprint density at radius 3 is 2.50 bits per heavy atom. The number of ether oxygens (including phenoxy) is 1. The lowest BCUT2D eigenvalue weighted by molar-refractivity contribution is -0.138. The third-order valence-corrected chi connectivity index (χ3v) is 4.08. The minimum atomic E-state index is -1.06. The predicted molar refractivity (Wildman–Crippen MR) is 98.0 cm³/mol. The Morgan fingerprint density at radius 2 is 1.89 bits per heavy atom. The van der Waals surface area contributed by atoms with Crippen LogP contribution in [-0.2, 0) is 9.53 Å². The van der Waals surface area contributed by atoms with E-state index in [1.807, 2.05) is 0 Å². The molecule has 2 aromatic rings. The first kappa shape index (κ1) is 21.7. The SMILES string of the molecule is CCOC(=O)/C(=C/Nc1ccc(F)cc1F)C(=O)c1c(Cl)nc(Cl)c(F)c1C. The number of carbonyl (C=O) groups excluding carboxylic acids is 2.